The van der Waals surface area contributed by atoms with Gasteiger partial charge in [-0.05, 0) is 26.2 Å². The molecule has 0 aromatic rings. The normalized spacial score (nSPS) is 27.6. The van der Waals surface area contributed by atoms with Gasteiger partial charge < -0.3 is 4.84 Å². The molecule has 2 aliphatic rings. The molecule has 0 radical (unpaired) electrons. The summed E-state index contributed by atoms with van der Waals surface area (Å²) in [5, 5.41) is 0.601. The average molecular weight is 283 g/mol. The largest absolute Gasteiger partial charge is 0.333 e. The molecule has 112 valence electrons. The Balaban J connectivity index is 1.79. The quantitative estimate of drug-likeness (QED) is 0.727. The highest BCUT2D eigenvalue weighted by atomic mass is 16.7. The second kappa shape index (κ2) is 6.32. The first-order chi connectivity index (χ1) is 9.50. The van der Waals surface area contributed by atoms with E-state index < -0.39 is 17.8 Å². The Kier molecular flexibility index (Phi) is 4.72. The van der Waals surface area contributed by atoms with Gasteiger partial charge in [-0.1, -0.05) is 6.42 Å². The standard InChI is InChI=1S/C13H21N3O4/c1-13(7-2-3-9-14-15-13)8-6-12(19)20-16-10(17)4-5-11(16)18/h14-15H,2-9H2,1H3. The average Bonchev–Trinajstić information content (AvgIpc) is 2.63. The third-order valence-corrected chi connectivity index (χ3v) is 3.75. The first-order valence-electron chi connectivity index (χ1n) is 7.07. The fraction of sp³-hybridized carbons (Fsp3) is 0.769. The maximum absolute atomic E-state index is 11.7. The van der Waals surface area contributed by atoms with Crippen LogP contribution in [0.3, 0.4) is 0 Å². The van der Waals surface area contributed by atoms with Gasteiger partial charge in [-0.15, -0.1) is 5.06 Å². The van der Waals surface area contributed by atoms with E-state index >= 15 is 0 Å². The van der Waals surface area contributed by atoms with Crippen molar-refractivity contribution in [3.63, 3.8) is 0 Å². The first kappa shape index (κ1) is 14.9. The molecular formula is C13H21N3O4. The minimum Gasteiger partial charge on any atom is -0.330 e. The van der Waals surface area contributed by atoms with E-state index in [4.69, 9.17) is 4.84 Å². The van der Waals surface area contributed by atoms with Crippen LogP contribution in [0.25, 0.3) is 0 Å². The molecule has 2 N–H and O–H groups in total. The van der Waals surface area contributed by atoms with E-state index in [0.717, 1.165) is 25.8 Å². The zero-order valence-corrected chi connectivity index (χ0v) is 11.7. The topological polar surface area (TPSA) is 87.7 Å². The molecule has 1 atom stereocenters. The number of nitrogens with one attached hydrogen (secondary N) is 2. The second-order valence-electron chi connectivity index (χ2n) is 5.61. The van der Waals surface area contributed by atoms with Gasteiger partial charge >= 0.3 is 5.97 Å². The minimum atomic E-state index is -0.541. The molecular weight excluding hydrogens is 262 g/mol. The van der Waals surface area contributed by atoms with Crippen LogP contribution < -0.4 is 10.9 Å². The van der Waals surface area contributed by atoms with Crippen molar-refractivity contribution in [3.8, 4) is 0 Å². The fourth-order valence-corrected chi connectivity index (χ4v) is 2.44. The zero-order chi connectivity index (χ0) is 14.6. The number of hydrogen-bond acceptors (Lipinski definition) is 6. The van der Waals surface area contributed by atoms with E-state index in [0.29, 0.717) is 11.5 Å². The van der Waals surface area contributed by atoms with Crippen molar-refractivity contribution in [1.82, 2.24) is 15.9 Å². The highest BCUT2D eigenvalue weighted by Crippen LogP contribution is 2.22. The molecule has 7 heteroatoms. The van der Waals surface area contributed by atoms with Crippen molar-refractivity contribution < 1.29 is 19.2 Å². The van der Waals surface area contributed by atoms with Crippen LogP contribution in [0.4, 0.5) is 0 Å². The number of rotatable bonds is 4. The Bertz CT molecular complexity index is 386. The van der Waals surface area contributed by atoms with Gasteiger partial charge in [0.25, 0.3) is 11.8 Å². The highest BCUT2D eigenvalue weighted by Gasteiger charge is 2.33. The Hall–Kier alpha value is -1.47. The summed E-state index contributed by atoms with van der Waals surface area (Å²) in [6.07, 6.45) is 4.16. The molecule has 0 spiro atoms. The summed E-state index contributed by atoms with van der Waals surface area (Å²) in [6.45, 7) is 2.96. The lowest BCUT2D eigenvalue weighted by atomic mass is 9.91. The summed E-state index contributed by atoms with van der Waals surface area (Å²) < 4.78 is 0. The molecule has 0 bridgehead atoms. The van der Waals surface area contributed by atoms with E-state index in [-0.39, 0.29) is 24.8 Å². The molecule has 2 rings (SSSR count). The predicted octanol–water partition coefficient (Wildman–Crippen LogP) is 0.411. The summed E-state index contributed by atoms with van der Waals surface area (Å²) in [6, 6.07) is 0. The SMILES string of the molecule is CC1(CCC(=O)ON2C(=O)CCC2=O)CCCCNN1. The van der Waals surface area contributed by atoms with Crippen LogP contribution in [0, 0.1) is 0 Å². The van der Waals surface area contributed by atoms with E-state index in [1.165, 1.54) is 0 Å². The Labute approximate surface area is 117 Å². The summed E-state index contributed by atoms with van der Waals surface area (Å²) >= 11 is 0. The summed E-state index contributed by atoms with van der Waals surface area (Å²) in [4.78, 5) is 39.3. The van der Waals surface area contributed by atoms with Gasteiger partial charge in [0.05, 0.1) is 0 Å². The van der Waals surface area contributed by atoms with Gasteiger partial charge in [-0.3, -0.25) is 20.4 Å². The van der Waals surface area contributed by atoms with Crippen LogP contribution in [-0.4, -0.2) is 34.9 Å². The van der Waals surface area contributed by atoms with Crippen LogP contribution in [-0.2, 0) is 19.2 Å². The summed E-state index contributed by atoms with van der Waals surface area (Å²) in [7, 11) is 0. The third-order valence-electron chi connectivity index (χ3n) is 3.75. The van der Waals surface area contributed by atoms with E-state index in [1.54, 1.807) is 0 Å². The Morgan fingerprint density at radius 2 is 2.00 bits per heavy atom. The monoisotopic (exact) mass is 283 g/mol. The lowest BCUT2D eigenvalue weighted by Crippen LogP contribution is -2.49. The zero-order valence-electron chi connectivity index (χ0n) is 11.7. The van der Waals surface area contributed by atoms with Gasteiger partial charge in [-0.25, -0.2) is 4.79 Å². The smallest absolute Gasteiger partial charge is 0.330 e. The number of nitrogens with zero attached hydrogens (tertiary/aromatic N) is 1. The van der Waals surface area contributed by atoms with Crippen molar-refractivity contribution in [3.05, 3.63) is 0 Å². The molecule has 2 heterocycles. The van der Waals surface area contributed by atoms with Crippen LogP contribution in [0.15, 0.2) is 0 Å². The van der Waals surface area contributed by atoms with Gasteiger partial charge in [0.2, 0.25) is 0 Å². The second-order valence-corrected chi connectivity index (χ2v) is 5.61. The number of imide groups is 1. The van der Waals surface area contributed by atoms with Crippen LogP contribution in [0.1, 0.15) is 51.9 Å². The maximum Gasteiger partial charge on any atom is 0.333 e. The number of carbonyl (C=O) groups is 3. The third kappa shape index (κ3) is 3.77. The lowest BCUT2D eigenvalue weighted by Gasteiger charge is -2.28. The lowest BCUT2D eigenvalue weighted by molar-refractivity contribution is -0.197. The van der Waals surface area contributed by atoms with Crippen molar-refractivity contribution in [2.75, 3.05) is 6.54 Å². The van der Waals surface area contributed by atoms with Crippen LogP contribution >= 0.6 is 0 Å². The fourth-order valence-electron chi connectivity index (χ4n) is 2.44. The molecule has 2 fully saturated rings. The van der Waals surface area contributed by atoms with Crippen molar-refractivity contribution >= 4 is 17.8 Å². The molecule has 0 saturated carbocycles. The summed E-state index contributed by atoms with van der Waals surface area (Å²) in [5.41, 5.74) is 6.18. The van der Waals surface area contributed by atoms with Gasteiger partial charge in [0, 0.05) is 31.3 Å². The Morgan fingerprint density at radius 1 is 1.30 bits per heavy atom. The van der Waals surface area contributed by atoms with Crippen LogP contribution in [0.2, 0.25) is 0 Å². The molecule has 7 nitrogen and oxygen atoms in total. The molecule has 1 unspecified atom stereocenters. The molecule has 20 heavy (non-hydrogen) atoms. The predicted molar refractivity (Wildman–Crippen MR) is 69.8 cm³/mol. The molecule has 2 amide bonds. The van der Waals surface area contributed by atoms with E-state index in [9.17, 15) is 14.4 Å². The van der Waals surface area contributed by atoms with Crippen molar-refractivity contribution in [2.45, 2.75) is 57.4 Å². The maximum atomic E-state index is 11.7. The van der Waals surface area contributed by atoms with Gasteiger partial charge in [-0.2, -0.15) is 0 Å². The number of amides is 2. The minimum absolute atomic E-state index is 0.120. The number of carbonyl (C=O) groups excluding carboxylic acids is 3. The highest BCUT2D eigenvalue weighted by molar-refractivity contribution is 6.01. The van der Waals surface area contributed by atoms with E-state index in [1.807, 2.05) is 6.92 Å². The van der Waals surface area contributed by atoms with Crippen molar-refractivity contribution in [2.24, 2.45) is 0 Å². The molecule has 2 saturated heterocycles. The first-order valence-corrected chi connectivity index (χ1v) is 7.07. The number of hydroxylamine groups is 2. The number of hydrazine groups is 1. The Morgan fingerprint density at radius 3 is 2.70 bits per heavy atom. The molecule has 2 aliphatic heterocycles. The van der Waals surface area contributed by atoms with Gasteiger partial charge in [0.1, 0.15) is 0 Å². The van der Waals surface area contributed by atoms with Crippen LogP contribution in [0.5, 0.6) is 0 Å². The molecule has 0 aromatic heterocycles. The molecule has 0 aliphatic carbocycles. The van der Waals surface area contributed by atoms with E-state index in [2.05, 4.69) is 10.9 Å². The molecule has 0 aromatic carbocycles. The van der Waals surface area contributed by atoms with Crippen molar-refractivity contribution in [1.29, 1.82) is 0 Å². The number of hydrogen-bond donors (Lipinski definition) is 2. The van der Waals surface area contributed by atoms with Gasteiger partial charge in [0.15, 0.2) is 0 Å². The summed E-state index contributed by atoms with van der Waals surface area (Å²) in [5.74, 6) is -1.42.